The van der Waals surface area contributed by atoms with Crippen molar-refractivity contribution >= 4 is 17.9 Å². The van der Waals surface area contributed by atoms with Crippen molar-refractivity contribution in [1.29, 1.82) is 0 Å². The zero-order chi connectivity index (χ0) is 18.7. The molecule has 1 aliphatic heterocycles. The van der Waals surface area contributed by atoms with Crippen molar-refractivity contribution in [1.82, 2.24) is 10.7 Å². The van der Waals surface area contributed by atoms with Gasteiger partial charge in [0.05, 0.1) is 5.69 Å². The zero-order valence-corrected chi connectivity index (χ0v) is 15.2. The van der Waals surface area contributed by atoms with E-state index in [1.54, 1.807) is 23.5 Å². The lowest BCUT2D eigenvalue weighted by Crippen LogP contribution is -2.42. The molecule has 3 rings (SSSR count). The van der Waals surface area contributed by atoms with Crippen LogP contribution in [0.5, 0.6) is 0 Å². The Labute approximate surface area is 154 Å². The number of nitrogens with one attached hydrogen (secondary N) is 2. The Morgan fingerprint density at radius 2 is 2.00 bits per heavy atom. The summed E-state index contributed by atoms with van der Waals surface area (Å²) in [5.74, 6) is -0.431. The van der Waals surface area contributed by atoms with Crippen LogP contribution in [-0.4, -0.2) is 24.5 Å². The molecule has 2 aromatic rings. The van der Waals surface area contributed by atoms with Crippen LogP contribution >= 0.6 is 0 Å². The maximum atomic E-state index is 13.3. The molecule has 0 bridgehead atoms. The molecule has 0 radical (unpaired) electrons. The Balaban J connectivity index is 0.00000261. The molecule has 2 aromatic carbocycles. The molecule has 2 N–H and O–H groups in total. The van der Waals surface area contributed by atoms with Crippen LogP contribution in [0.15, 0.2) is 47.5 Å². The van der Waals surface area contributed by atoms with Crippen LogP contribution < -0.4 is 15.8 Å². The third-order valence-corrected chi connectivity index (χ3v) is 4.50. The number of rotatable bonds is 5. The summed E-state index contributed by atoms with van der Waals surface area (Å²) in [7, 11) is 0. The number of aliphatic imine (C=N–C) groups is 1. The number of carbonyl (C=O) groups excluding carboxylic acids is 1. The standard InChI is InChI=1S/C20H23FN4O.H2/c1-4-20(2,3)24-19(26)16-9-15(14-5-7-17(21)8-6-14)10-18(11-16)25-13-22-12-23-25;/h5-11,13,23H,4,12H2,1-3H3,(H,24,26);1H. The maximum Gasteiger partial charge on any atom is 0.251 e. The molecule has 6 heteroatoms. The van der Waals surface area contributed by atoms with Gasteiger partial charge in [-0.2, -0.15) is 0 Å². The number of anilines is 1. The third-order valence-electron chi connectivity index (χ3n) is 4.50. The van der Waals surface area contributed by atoms with Gasteiger partial charge in [0, 0.05) is 12.5 Å². The molecule has 0 unspecified atom stereocenters. The molecule has 1 aliphatic rings. The number of hydrogen-bond donors (Lipinski definition) is 2. The molecule has 0 atom stereocenters. The molecule has 138 valence electrons. The SMILES string of the molecule is CCC(C)(C)NC(=O)c1cc(-c2ccc(F)cc2)cc(N2C=NCN2)c1.[HH]. The normalized spacial score (nSPS) is 13.9. The van der Waals surface area contributed by atoms with Crippen LogP contribution in [0, 0.1) is 5.82 Å². The molecular weight excluding hydrogens is 331 g/mol. The summed E-state index contributed by atoms with van der Waals surface area (Å²) in [6, 6.07) is 11.8. The van der Waals surface area contributed by atoms with Gasteiger partial charge in [-0.1, -0.05) is 19.1 Å². The molecule has 0 fully saturated rings. The molecule has 0 aliphatic carbocycles. The van der Waals surface area contributed by atoms with Gasteiger partial charge in [-0.15, -0.1) is 0 Å². The van der Waals surface area contributed by atoms with Crippen molar-refractivity contribution in [3.05, 3.63) is 53.8 Å². The van der Waals surface area contributed by atoms with Crippen LogP contribution in [0.25, 0.3) is 11.1 Å². The van der Waals surface area contributed by atoms with Crippen molar-refractivity contribution in [2.24, 2.45) is 4.99 Å². The van der Waals surface area contributed by atoms with E-state index in [0.717, 1.165) is 23.2 Å². The predicted octanol–water partition coefficient (Wildman–Crippen LogP) is 3.97. The van der Waals surface area contributed by atoms with Gasteiger partial charge in [0.15, 0.2) is 0 Å². The van der Waals surface area contributed by atoms with Crippen LogP contribution in [0.4, 0.5) is 10.1 Å². The highest BCUT2D eigenvalue weighted by Crippen LogP contribution is 2.27. The highest BCUT2D eigenvalue weighted by Gasteiger charge is 2.21. The first-order chi connectivity index (χ1) is 12.4. The Morgan fingerprint density at radius 1 is 1.27 bits per heavy atom. The molecule has 0 spiro atoms. The predicted molar refractivity (Wildman–Crippen MR) is 105 cm³/mol. The minimum absolute atomic E-state index is 0. The van der Waals surface area contributed by atoms with E-state index in [0.29, 0.717) is 12.2 Å². The second-order valence-electron chi connectivity index (χ2n) is 6.95. The quantitative estimate of drug-likeness (QED) is 0.852. The van der Waals surface area contributed by atoms with E-state index < -0.39 is 0 Å². The first-order valence-corrected chi connectivity index (χ1v) is 8.64. The summed E-state index contributed by atoms with van der Waals surface area (Å²) in [4.78, 5) is 16.9. The molecule has 0 saturated carbocycles. The van der Waals surface area contributed by atoms with Gasteiger partial charge in [-0.05, 0) is 61.7 Å². The van der Waals surface area contributed by atoms with Gasteiger partial charge < -0.3 is 5.32 Å². The number of hydrazine groups is 1. The number of carbonyl (C=O) groups is 1. The lowest BCUT2D eigenvalue weighted by Gasteiger charge is -2.25. The molecule has 1 heterocycles. The van der Waals surface area contributed by atoms with E-state index in [9.17, 15) is 9.18 Å². The van der Waals surface area contributed by atoms with Gasteiger partial charge in [-0.3, -0.25) is 14.8 Å². The lowest BCUT2D eigenvalue weighted by atomic mass is 9.99. The average molecular weight is 356 g/mol. The van der Waals surface area contributed by atoms with E-state index in [1.807, 2.05) is 39.0 Å². The maximum absolute atomic E-state index is 13.3. The van der Waals surface area contributed by atoms with Crippen molar-refractivity contribution in [3.63, 3.8) is 0 Å². The molecule has 1 amide bonds. The number of nitrogens with zero attached hydrogens (tertiary/aromatic N) is 2. The molecule has 26 heavy (non-hydrogen) atoms. The van der Waals surface area contributed by atoms with Crippen molar-refractivity contribution < 1.29 is 10.6 Å². The second kappa shape index (κ2) is 7.25. The monoisotopic (exact) mass is 356 g/mol. The second-order valence-corrected chi connectivity index (χ2v) is 6.95. The van der Waals surface area contributed by atoms with Crippen LogP contribution in [0.3, 0.4) is 0 Å². The number of hydrogen-bond acceptors (Lipinski definition) is 4. The van der Waals surface area contributed by atoms with Gasteiger partial charge >= 0.3 is 0 Å². The van der Waals surface area contributed by atoms with E-state index >= 15 is 0 Å². The van der Waals surface area contributed by atoms with Crippen molar-refractivity contribution in [2.45, 2.75) is 32.7 Å². The average Bonchev–Trinajstić information content (AvgIpc) is 3.16. The molecule has 0 saturated heterocycles. The summed E-state index contributed by atoms with van der Waals surface area (Å²) in [5, 5.41) is 4.83. The fourth-order valence-electron chi connectivity index (χ4n) is 2.60. The summed E-state index contributed by atoms with van der Waals surface area (Å²) in [5.41, 5.74) is 5.83. The summed E-state index contributed by atoms with van der Waals surface area (Å²) in [6.07, 6.45) is 2.50. The molecule has 0 aromatic heterocycles. The molecular formula is C20H25FN4O. The van der Waals surface area contributed by atoms with Crippen molar-refractivity contribution in [2.75, 3.05) is 11.7 Å². The smallest absolute Gasteiger partial charge is 0.251 e. The van der Waals surface area contributed by atoms with Crippen molar-refractivity contribution in [3.8, 4) is 11.1 Å². The Hall–Kier alpha value is -2.73. The van der Waals surface area contributed by atoms with Crippen LogP contribution in [0.2, 0.25) is 0 Å². The minimum atomic E-state index is -0.295. The fraction of sp³-hybridized carbons (Fsp3) is 0.300. The van der Waals surface area contributed by atoms with Gasteiger partial charge in [0.2, 0.25) is 0 Å². The Bertz CT molecular complexity index is 836. The number of amides is 1. The summed E-state index contributed by atoms with van der Waals surface area (Å²) < 4.78 is 13.3. The van der Waals surface area contributed by atoms with E-state index in [1.165, 1.54) is 12.1 Å². The van der Waals surface area contributed by atoms with E-state index in [-0.39, 0.29) is 18.7 Å². The minimum Gasteiger partial charge on any atom is -0.347 e. The van der Waals surface area contributed by atoms with E-state index in [2.05, 4.69) is 15.7 Å². The summed E-state index contributed by atoms with van der Waals surface area (Å²) in [6.45, 7) is 6.51. The first kappa shape index (κ1) is 18.1. The Morgan fingerprint density at radius 3 is 2.62 bits per heavy atom. The highest BCUT2D eigenvalue weighted by atomic mass is 19.1. The van der Waals surface area contributed by atoms with Crippen LogP contribution in [0.1, 0.15) is 39.0 Å². The van der Waals surface area contributed by atoms with Gasteiger partial charge in [-0.25, -0.2) is 9.82 Å². The van der Waals surface area contributed by atoms with Gasteiger partial charge in [0.1, 0.15) is 18.8 Å². The number of benzene rings is 2. The van der Waals surface area contributed by atoms with Gasteiger partial charge in [0.25, 0.3) is 5.91 Å². The topological polar surface area (TPSA) is 56.7 Å². The lowest BCUT2D eigenvalue weighted by molar-refractivity contribution is 0.0911. The molecule has 5 nitrogen and oxygen atoms in total. The van der Waals surface area contributed by atoms with Crippen LogP contribution in [-0.2, 0) is 0 Å². The Kier molecular flexibility index (Phi) is 5.04. The summed E-state index contributed by atoms with van der Waals surface area (Å²) >= 11 is 0. The fourth-order valence-corrected chi connectivity index (χ4v) is 2.60. The third kappa shape index (κ3) is 4.08. The zero-order valence-electron chi connectivity index (χ0n) is 15.2. The first-order valence-electron chi connectivity index (χ1n) is 8.64. The highest BCUT2D eigenvalue weighted by molar-refractivity contribution is 5.98. The number of halogens is 1. The largest absolute Gasteiger partial charge is 0.347 e. The van der Waals surface area contributed by atoms with E-state index in [4.69, 9.17) is 0 Å².